The number of hydrogen-bond acceptors (Lipinski definition) is 5. The molecule has 0 amide bonds. The molecule has 1 N–H and O–H groups in total. The molecule has 2 aliphatic rings. The summed E-state index contributed by atoms with van der Waals surface area (Å²) in [5.41, 5.74) is 3.65. The quantitative estimate of drug-likeness (QED) is 0.700. The number of aromatic carboxylic acids is 1. The Morgan fingerprint density at radius 3 is 2.53 bits per heavy atom. The average molecular weight is 406 g/mol. The lowest BCUT2D eigenvalue weighted by Gasteiger charge is -2.26. The lowest BCUT2D eigenvalue weighted by Crippen LogP contribution is -2.31. The number of pyridine rings is 1. The van der Waals surface area contributed by atoms with E-state index < -0.39 is 5.97 Å². The highest BCUT2D eigenvalue weighted by atomic mass is 16.4. The van der Waals surface area contributed by atoms with Crippen LogP contribution in [0, 0.1) is 0 Å². The molecule has 30 heavy (non-hydrogen) atoms. The molecule has 0 radical (unpaired) electrons. The first-order valence-corrected chi connectivity index (χ1v) is 10.7. The molecule has 5 rings (SSSR count). The van der Waals surface area contributed by atoms with Gasteiger partial charge in [-0.25, -0.2) is 14.5 Å². The van der Waals surface area contributed by atoms with Crippen molar-refractivity contribution in [3.05, 3.63) is 47.8 Å². The number of nitrogens with zero attached hydrogens (tertiary/aromatic N) is 5. The number of carbonyl (C=O) groups is 1. The van der Waals surface area contributed by atoms with Crippen LogP contribution in [0.4, 0.5) is 5.69 Å². The van der Waals surface area contributed by atoms with E-state index in [0.29, 0.717) is 17.6 Å². The van der Waals surface area contributed by atoms with Gasteiger partial charge in [0.1, 0.15) is 0 Å². The van der Waals surface area contributed by atoms with Gasteiger partial charge in [0.2, 0.25) is 0 Å². The summed E-state index contributed by atoms with van der Waals surface area (Å²) in [5.74, 6) is -0.589. The number of carboxylic acids is 1. The van der Waals surface area contributed by atoms with E-state index in [1.54, 1.807) is 6.07 Å². The molecule has 1 aliphatic carbocycles. The molecule has 0 bridgehead atoms. The SMILES string of the molecule is CN(C)[C@H]1CCN(c2cc(C(=O)O)nc3c2c(C2CCC2)nn3-c2ccccc2)C1. The van der Waals surface area contributed by atoms with Crippen LogP contribution in [0.1, 0.15) is 47.8 Å². The number of aromatic nitrogens is 3. The van der Waals surface area contributed by atoms with Crippen LogP contribution < -0.4 is 4.90 Å². The molecule has 7 heteroatoms. The van der Waals surface area contributed by atoms with Gasteiger partial charge in [0.05, 0.1) is 22.5 Å². The zero-order chi connectivity index (χ0) is 20.8. The van der Waals surface area contributed by atoms with Crippen LogP contribution >= 0.6 is 0 Å². The van der Waals surface area contributed by atoms with Crippen LogP contribution in [0.15, 0.2) is 36.4 Å². The number of anilines is 1. The molecule has 1 saturated heterocycles. The molecular weight excluding hydrogens is 378 g/mol. The second kappa shape index (κ2) is 7.40. The zero-order valence-electron chi connectivity index (χ0n) is 17.5. The first-order chi connectivity index (χ1) is 14.5. The summed E-state index contributed by atoms with van der Waals surface area (Å²) in [4.78, 5) is 21.1. The molecule has 1 aliphatic heterocycles. The topological polar surface area (TPSA) is 74.5 Å². The maximum absolute atomic E-state index is 11.9. The number of para-hydroxylation sites is 1. The van der Waals surface area contributed by atoms with Crippen molar-refractivity contribution in [3.63, 3.8) is 0 Å². The molecule has 3 aromatic rings. The van der Waals surface area contributed by atoms with Crippen LogP contribution in [-0.2, 0) is 0 Å². The Hall–Kier alpha value is -2.93. The molecule has 1 atom stereocenters. The van der Waals surface area contributed by atoms with Crippen LogP contribution in [-0.4, -0.2) is 64.0 Å². The molecule has 2 fully saturated rings. The second-order valence-electron chi connectivity index (χ2n) is 8.64. The van der Waals surface area contributed by atoms with E-state index in [1.165, 1.54) is 6.42 Å². The van der Waals surface area contributed by atoms with Gasteiger partial charge in [0, 0.05) is 25.0 Å². The minimum Gasteiger partial charge on any atom is -0.477 e. The molecular formula is C23H27N5O2. The van der Waals surface area contributed by atoms with Crippen molar-refractivity contribution in [1.29, 1.82) is 0 Å². The Bertz CT molecular complexity index is 1090. The van der Waals surface area contributed by atoms with E-state index in [0.717, 1.165) is 54.8 Å². The van der Waals surface area contributed by atoms with Crippen LogP contribution in [0.25, 0.3) is 16.7 Å². The summed E-state index contributed by atoms with van der Waals surface area (Å²) in [5, 5.41) is 15.8. The van der Waals surface area contributed by atoms with Crippen LogP contribution in [0.5, 0.6) is 0 Å². The molecule has 0 unspecified atom stereocenters. The maximum atomic E-state index is 11.9. The van der Waals surface area contributed by atoms with Gasteiger partial charge >= 0.3 is 5.97 Å². The van der Waals surface area contributed by atoms with E-state index in [1.807, 2.05) is 35.0 Å². The number of carboxylic acid groups (broad SMARTS) is 1. The molecule has 2 aromatic heterocycles. The Kier molecular flexibility index (Phi) is 4.70. The predicted molar refractivity (Wildman–Crippen MR) is 117 cm³/mol. The van der Waals surface area contributed by atoms with Crippen molar-refractivity contribution in [2.45, 2.75) is 37.6 Å². The van der Waals surface area contributed by atoms with Crippen molar-refractivity contribution in [2.24, 2.45) is 0 Å². The largest absolute Gasteiger partial charge is 0.477 e. The van der Waals surface area contributed by atoms with Gasteiger partial charge in [-0.05, 0) is 51.6 Å². The summed E-state index contributed by atoms with van der Waals surface area (Å²) in [7, 11) is 4.21. The van der Waals surface area contributed by atoms with Crippen molar-refractivity contribution in [1.82, 2.24) is 19.7 Å². The minimum absolute atomic E-state index is 0.0723. The lowest BCUT2D eigenvalue weighted by atomic mass is 9.82. The van der Waals surface area contributed by atoms with E-state index in [2.05, 4.69) is 28.9 Å². The molecule has 1 saturated carbocycles. The van der Waals surface area contributed by atoms with Gasteiger partial charge in [-0.3, -0.25) is 0 Å². The van der Waals surface area contributed by atoms with Gasteiger partial charge in [-0.15, -0.1) is 0 Å². The van der Waals surface area contributed by atoms with Crippen molar-refractivity contribution in [2.75, 3.05) is 32.1 Å². The number of benzene rings is 1. The third kappa shape index (κ3) is 3.13. The molecule has 1 aromatic carbocycles. The molecule has 0 spiro atoms. The van der Waals surface area contributed by atoms with E-state index in [4.69, 9.17) is 5.10 Å². The Balaban J connectivity index is 1.74. The first-order valence-electron chi connectivity index (χ1n) is 10.7. The fraction of sp³-hybridized carbons (Fsp3) is 0.435. The average Bonchev–Trinajstić information content (AvgIpc) is 3.33. The summed E-state index contributed by atoms with van der Waals surface area (Å²) >= 11 is 0. The highest BCUT2D eigenvalue weighted by Crippen LogP contribution is 2.43. The summed E-state index contributed by atoms with van der Waals surface area (Å²) in [6.45, 7) is 1.79. The van der Waals surface area contributed by atoms with E-state index in [9.17, 15) is 9.90 Å². The minimum atomic E-state index is -1.01. The normalized spacial score (nSPS) is 19.6. The van der Waals surface area contributed by atoms with Gasteiger partial charge in [-0.1, -0.05) is 24.6 Å². The molecule has 3 heterocycles. The molecule has 7 nitrogen and oxygen atoms in total. The summed E-state index contributed by atoms with van der Waals surface area (Å²) in [6, 6.07) is 12.1. The Morgan fingerprint density at radius 2 is 1.93 bits per heavy atom. The van der Waals surface area contributed by atoms with Crippen molar-refractivity contribution >= 4 is 22.7 Å². The number of rotatable bonds is 5. The summed E-state index contributed by atoms with van der Waals surface area (Å²) in [6.07, 6.45) is 4.53. The number of likely N-dealkylation sites (N-methyl/N-ethyl adjacent to an activating group) is 1. The Morgan fingerprint density at radius 1 is 1.17 bits per heavy atom. The van der Waals surface area contributed by atoms with Crippen molar-refractivity contribution < 1.29 is 9.90 Å². The lowest BCUT2D eigenvalue weighted by molar-refractivity contribution is 0.0691. The van der Waals surface area contributed by atoms with Gasteiger partial charge < -0.3 is 14.9 Å². The van der Waals surface area contributed by atoms with Gasteiger partial charge in [0.15, 0.2) is 11.3 Å². The van der Waals surface area contributed by atoms with Crippen molar-refractivity contribution in [3.8, 4) is 5.69 Å². The third-order valence-corrected chi connectivity index (χ3v) is 6.59. The summed E-state index contributed by atoms with van der Waals surface area (Å²) < 4.78 is 1.83. The van der Waals surface area contributed by atoms with Crippen LogP contribution in [0.3, 0.4) is 0 Å². The van der Waals surface area contributed by atoms with E-state index in [-0.39, 0.29) is 5.69 Å². The monoisotopic (exact) mass is 405 g/mol. The second-order valence-corrected chi connectivity index (χ2v) is 8.64. The van der Waals surface area contributed by atoms with Gasteiger partial charge in [0.25, 0.3) is 0 Å². The fourth-order valence-corrected chi connectivity index (χ4v) is 4.58. The fourth-order valence-electron chi connectivity index (χ4n) is 4.58. The van der Waals surface area contributed by atoms with E-state index >= 15 is 0 Å². The maximum Gasteiger partial charge on any atom is 0.354 e. The standard InChI is InChI=1S/C23H27N5O2/c1-26(2)17-11-12-27(14-17)19-13-18(23(29)30)24-22-20(19)21(15-7-6-8-15)25-28(22)16-9-4-3-5-10-16/h3-5,9-10,13,15,17H,6-8,11-12,14H2,1-2H3,(H,29,30)/t17-/m0/s1. The highest BCUT2D eigenvalue weighted by Gasteiger charge is 2.32. The molecule has 156 valence electrons. The van der Waals surface area contributed by atoms with Gasteiger partial charge in [-0.2, -0.15) is 5.10 Å². The Labute approximate surface area is 175 Å². The predicted octanol–water partition coefficient (Wildman–Crippen LogP) is 3.53. The van der Waals surface area contributed by atoms with Crippen LogP contribution in [0.2, 0.25) is 0 Å². The zero-order valence-corrected chi connectivity index (χ0v) is 17.5. The number of fused-ring (bicyclic) bond motifs is 1. The third-order valence-electron chi connectivity index (χ3n) is 6.59. The number of hydrogen-bond donors (Lipinski definition) is 1. The smallest absolute Gasteiger partial charge is 0.354 e. The highest BCUT2D eigenvalue weighted by molar-refractivity contribution is 5.98. The first kappa shape index (κ1) is 19.1.